The second-order valence-corrected chi connectivity index (χ2v) is 6.04. The molecule has 0 fully saturated rings. The number of benzene rings is 1. The minimum Gasteiger partial charge on any atom is -0.361 e. The molecule has 0 aliphatic rings. The van der Waals surface area contributed by atoms with Gasteiger partial charge in [-0.05, 0) is 31.0 Å². The van der Waals surface area contributed by atoms with Crippen molar-refractivity contribution in [1.29, 1.82) is 0 Å². The lowest BCUT2D eigenvalue weighted by molar-refractivity contribution is 0.00753. The lowest BCUT2D eigenvalue weighted by atomic mass is 10.0. The van der Waals surface area contributed by atoms with E-state index in [1.54, 1.807) is 13.0 Å². The van der Waals surface area contributed by atoms with Gasteiger partial charge in [0.2, 0.25) is 0 Å². The molecule has 0 aromatic heterocycles. The predicted octanol–water partition coefficient (Wildman–Crippen LogP) is 2.40. The van der Waals surface area contributed by atoms with Gasteiger partial charge in [0.1, 0.15) is 0 Å². The first-order valence-electron chi connectivity index (χ1n) is 5.98. The summed E-state index contributed by atoms with van der Waals surface area (Å²) < 4.78 is 23.4. The molecule has 0 spiro atoms. The predicted molar refractivity (Wildman–Crippen MR) is 71.9 cm³/mol. The van der Waals surface area contributed by atoms with Crippen molar-refractivity contribution in [3.05, 3.63) is 34.9 Å². The molecule has 0 radical (unpaired) electrons. The van der Waals surface area contributed by atoms with Crippen molar-refractivity contribution in [3.8, 4) is 0 Å². The van der Waals surface area contributed by atoms with E-state index in [0.29, 0.717) is 17.5 Å². The lowest BCUT2D eigenvalue weighted by Crippen LogP contribution is -2.07. The van der Waals surface area contributed by atoms with Crippen molar-refractivity contribution in [2.24, 2.45) is 0 Å². The molecule has 0 unspecified atom stereocenters. The molecule has 1 rings (SSSR count). The summed E-state index contributed by atoms with van der Waals surface area (Å²) in [6, 6.07) is 4.31. The Bertz CT molecular complexity index is 629. The number of sulfone groups is 1. The summed E-state index contributed by atoms with van der Waals surface area (Å²) in [4.78, 5) is 14.5. The average molecular weight is 280 g/mol. The zero-order valence-electron chi connectivity index (χ0n) is 11.0. The van der Waals surface area contributed by atoms with E-state index in [4.69, 9.17) is 5.53 Å². The second kappa shape index (κ2) is 6.41. The van der Waals surface area contributed by atoms with E-state index in [9.17, 15) is 13.2 Å². The third kappa shape index (κ3) is 3.84. The molecule has 0 saturated heterocycles. The highest BCUT2D eigenvalue weighted by Gasteiger charge is 2.19. The number of hydrogen-bond acceptors (Lipinski definition) is 3. The summed E-state index contributed by atoms with van der Waals surface area (Å²) in [6.45, 7) is 3.74. The highest BCUT2D eigenvalue weighted by atomic mass is 32.2. The molecule has 0 heterocycles. The van der Waals surface area contributed by atoms with Crippen molar-refractivity contribution < 1.29 is 18.0 Å². The fraction of sp³-hybridized carbons (Fsp3) is 0.385. The van der Waals surface area contributed by atoms with Gasteiger partial charge < -0.3 is 5.53 Å². The SMILES string of the molecule is CCCCC(=O)c1cc(S(=O)(=O)C=[N+]=[N-])ccc1C. The first kappa shape index (κ1) is 15.3. The number of Topliss-reactive ketones (excluding diaryl/α,β-unsaturated/α-hetero) is 1. The minimum absolute atomic E-state index is 0.0456. The van der Waals surface area contributed by atoms with Gasteiger partial charge in [-0.15, -0.1) is 0 Å². The molecule has 5 nitrogen and oxygen atoms in total. The van der Waals surface area contributed by atoms with Gasteiger partial charge in [-0.1, -0.05) is 19.4 Å². The summed E-state index contributed by atoms with van der Waals surface area (Å²) in [5, 5.41) is 0. The van der Waals surface area contributed by atoms with E-state index < -0.39 is 9.84 Å². The zero-order valence-corrected chi connectivity index (χ0v) is 11.8. The maximum atomic E-state index is 12.0. The molecule has 0 amide bonds. The van der Waals surface area contributed by atoms with Crippen molar-refractivity contribution >= 4 is 21.2 Å². The van der Waals surface area contributed by atoms with E-state index in [2.05, 4.69) is 4.79 Å². The summed E-state index contributed by atoms with van der Waals surface area (Å²) in [5.41, 5.74) is 9.93. The van der Waals surface area contributed by atoms with Crippen LogP contribution in [0.5, 0.6) is 0 Å². The standard InChI is InChI=1S/C13H16N2O3S/c1-3-4-5-13(16)12-8-11(7-6-10(12)2)19(17,18)9-15-14/h6-9H,3-5H2,1-2H3. The Labute approximate surface area is 112 Å². The fourth-order valence-electron chi connectivity index (χ4n) is 1.67. The number of nitrogens with zero attached hydrogens (tertiary/aromatic N) is 2. The number of aryl methyl sites for hydroxylation is 1. The van der Waals surface area contributed by atoms with Gasteiger partial charge in [0.25, 0.3) is 9.84 Å². The van der Waals surface area contributed by atoms with E-state index in [-0.39, 0.29) is 10.7 Å². The Morgan fingerprint density at radius 3 is 2.68 bits per heavy atom. The van der Waals surface area contributed by atoms with Crippen molar-refractivity contribution in [2.75, 3.05) is 0 Å². The third-order valence-corrected chi connectivity index (χ3v) is 4.06. The first-order valence-corrected chi connectivity index (χ1v) is 7.53. The Morgan fingerprint density at radius 2 is 2.11 bits per heavy atom. The minimum atomic E-state index is -3.80. The van der Waals surface area contributed by atoms with Crippen LogP contribution in [0.15, 0.2) is 23.1 Å². The monoisotopic (exact) mass is 280 g/mol. The van der Waals surface area contributed by atoms with Gasteiger partial charge in [0.05, 0.1) is 4.90 Å². The number of hydrogen-bond donors (Lipinski definition) is 0. The summed E-state index contributed by atoms with van der Waals surface area (Å²) in [5.74, 6) is -0.0719. The lowest BCUT2D eigenvalue weighted by Gasteiger charge is -2.06. The van der Waals surface area contributed by atoms with Gasteiger partial charge in [-0.2, -0.15) is 4.79 Å². The maximum absolute atomic E-state index is 12.0. The van der Waals surface area contributed by atoms with Crippen LogP contribution >= 0.6 is 0 Å². The molecule has 1 aromatic carbocycles. The molecule has 19 heavy (non-hydrogen) atoms. The van der Waals surface area contributed by atoms with Crippen molar-refractivity contribution in [2.45, 2.75) is 38.0 Å². The number of rotatable bonds is 6. The third-order valence-electron chi connectivity index (χ3n) is 2.78. The number of unbranched alkanes of at least 4 members (excludes halogenated alkanes) is 1. The molecule has 0 N–H and O–H groups in total. The zero-order chi connectivity index (χ0) is 14.5. The molecule has 0 atom stereocenters. The van der Waals surface area contributed by atoms with Gasteiger partial charge in [0.15, 0.2) is 5.78 Å². The van der Waals surface area contributed by atoms with Crippen LogP contribution in [0.4, 0.5) is 0 Å². The van der Waals surface area contributed by atoms with Crippen LogP contribution in [0.25, 0.3) is 5.53 Å². The van der Waals surface area contributed by atoms with Gasteiger partial charge in [-0.3, -0.25) is 4.79 Å². The highest BCUT2D eigenvalue weighted by Crippen LogP contribution is 2.18. The molecule has 0 bridgehead atoms. The second-order valence-electron chi connectivity index (χ2n) is 4.27. The molecule has 6 heteroatoms. The fourth-order valence-corrected chi connectivity index (χ4v) is 2.46. The van der Waals surface area contributed by atoms with E-state index in [0.717, 1.165) is 18.4 Å². The Balaban J connectivity index is 3.21. The molecule has 0 aliphatic carbocycles. The quantitative estimate of drug-likeness (QED) is 0.263. The van der Waals surface area contributed by atoms with Crippen molar-refractivity contribution in [3.63, 3.8) is 0 Å². The van der Waals surface area contributed by atoms with Gasteiger partial charge >= 0.3 is 5.55 Å². The van der Waals surface area contributed by atoms with Crippen LogP contribution in [0.2, 0.25) is 0 Å². The molecule has 0 saturated carbocycles. The smallest absolute Gasteiger partial charge is 0.361 e. The molecular weight excluding hydrogens is 264 g/mol. The number of carbonyl (C=O) groups is 1. The normalized spacial score (nSPS) is 10.8. The Hall–Kier alpha value is -1.78. The van der Waals surface area contributed by atoms with Crippen LogP contribution < -0.4 is 0 Å². The Morgan fingerprint density at radius 1 is 1.42 bits per heavy atom. The van der Waals surface area contributed by atoms with Crippen LogP contribution in [0, 0.1) is 6.92 Å². The van der Waals surface area contributed by atoms with Gasteiger partial charge in [-0.25, -0.2) is 8.42 Å². The average Bonchev–Trinajstić information content (AvgIpc) is 2.36. The van der Waals surface area contributed by atoms with E-state index >= 15 is 0 Å². The van der Waals surface area contributed by atoms with Crippen LogP contribution in [-0.4, -0.2) is 24.5 Å². The largest absolute Gasteiger partial charge is 0.374 e. The maximum Gasteiger partial charge on any atom is 0.374 e. The van der Waals surface area contributed by atoms with Gasteiger partial charge in [0, 0.05) is 12.0 Å². The van der Waals surface area contributed by atoms with Crippen LogP contribution in [0.3, 0.4) is 0 Å². The summed E-state index contributed by atoms with van der Waals surface area (Å²) in [7, 11) is -3.80. The molecule has 0 aliphatic heterocycles. The van der Waals surface area contributed by atoms with E-state index in [1.807, 2.05) is 6.92 Å². The number of ketones is 1. The first-order chi connectivity index (χ1) is 8.92. The molecule has 1 aromatic rings. The van der Waals surface area contributed by atoms with Crippen LogP contribution in [-0.2, 0) is 9.84 Å². The van der Waals surface area contributed by atoms with Crippen molar-refractivity contribution in [1.82, 2.24) is 0 Å². The summed E-state index contributed by atoms with van der Waals surface area (Å²) in [6.07, 6.45) is 2.07. The molecular formula is C13H16N2O3S. The Kier molecular flexibility index (Phi) is 5.15. The molecule has 102 valence electrons. The topological polar surface area (TPSA) is 87.6 Å². The highest BCUT2D eigenvalue weighted by molar-refractivity contribution is 8.04. The van der Waals surface area contributed by atoms with E-state index in [1.165, 1.54) is 12.1 Å². The summed E-state index contributed by atoms with van der Waals surface area (Å²) >= 11 is 0. The number of carbonyl (C=O) groups excluding carboxylic acids is 1. The van der Waals surface area contributed by atoms with Crippen LogP contribution in [0.1, 0.15) is 42.1 Å².